The van der Waals surface area contributed by atoms with Crippen LogP contribution in [0.1, 0.15) is 47.6 Å². The third-order valence-electron chi connectivity index (χ3n) is 6.67. The molecule has 1 aliphatic carbocycles. The average molecular weight is 517 g/mol. The molecule has 0 radical (unpaired) electrons. The molecule has 1 aliphatic heterocycles. The number of hydrogen-bond donors (Lipinski definition) is 1. The number of anilines is 1. The topological polar surface area (TPSA) is 42.8 Å². The van der Waals surface area contributed by atoms with E-state index in [1.165, 1.54) is 22.4 Å². The second kappa shape index (κ2) is 9.67. The molecule has 3 atom stereocenters. The van der Waals surface area contributed by atoms with Gasteiger partial charge in [0, 0.05) is 17.8 Å². The minimum Gasteiger partial charge on any atom is -0.492 e. The van der Waals surface area contributed by atoms with Gasteiger partial charge in [-0.15, -0.1) is 0 Å². The molecule has 2 aliphatic rings. The lowest BCUT2D eigenvalue weighted by molar-refractivity contribution is 0.310. The molecule has 5 heteroatoms. The van der Waals surface area contributed by atoms with Crippen molar-refractivity contribution < 1.29 is 9.47 Å². The molecular weight excluding hydrogens is 488 g/mol. The van der Waals surface area contributed by atoms with Crippen LogP contribution in [0.2, 0.25) is 0 Å². The molecule has 0 unspecified atom stereocenters. The number of aryl methyl sites for hydroxylation is 1. The maximum absolute atomic E-state index is 5.72. The molecule has 0 fully saturated rings. The SMILES string of the molecule is CCOc1cc(C=Nc2ccc([C@@H]3Nc4ccc(C)cc4[C@@H]4C=CC[C@H]43)cc2)cc(Br)c1OC. The fourth-order valence-electron chi connectivity index (χ4n) is 5.08. The van der Waals surface area contributed by atoms with E-state index >= 15 is 0 Å². The minimum atomic E-state index is 0.291. The van der Waals surface area contributed by atoms with Crippen LogP contribution in [-0.2, 0) is 0 Å². The Balaban J connectivity index is 1.36. The molecule has 0 saturated heterocycles. The van der Waals surface area contributed by atoms with Gasteiger partial charge in [0.05, 0.1) is 29.9 Å². The zero-order chi connectivity index (χ0) is 23.7. The van der Waals surface area contributed by atoms with Crippen LogP contribution in [0.3, 0.4) is 0 Å². The molecule has 0 saturated carbocycles. The second-order valence-corrected chi connectivity index (χ2v) is 9.74. The quantitative estimate of drug-likeness (QED) is 0.269. The Morgan fingerprint density at radius 3 is 2.71 bits per heavy atom. The van der Waals surface area contributed by atoms with E-state index in [2.05, 4.69) is 82.8 Å². The normalized spacial score (nSPS) is 20.6. The molecule has 0 amide bonds. The lowest BCUT2D eigenvalue weighted by Gasteiger charge is -2.37. The summed E-state index contributed by atoms with van der Waals surface area (Å²) in [6.07, 6.45) is 7.68. The van der Waals surface area contributed by atoms with Crippen LogP contribution in [0, 0.1) is 12.8 Å². The average Bonchev–Trinajstić information content (AvgIpc) is 3.33. The van der Waals surface area contributed by atoms with Crippen molar-refractivity contribution in [2.45, 2.75) is 32.2 Å². The van der Waals surface area contributed by atoms with Crippen molar-refractivity contribution >= 4 is 33.5 Å². The lowest BCUT2D eigenvalue weighted by atomic mass is 9.76. The Morgan fingerprint density at radius 2 is 1.94 bits per heavy atom. The third kappa shape index (κ3) is 4.37. The largest absolute Gasteiger partial charge is 0.492 e. The van der Waals surface area contributed by atoms with Gasteiger partial charge in [0.2, 0.25) is 0 Å². The number of methoxy groups -OCH3 is 1. The Morgan fingerprint density at radius 1 is 1.12 bits per heavy atom. The number of fused-ring (bicyclic) bond motifs is 3. The van der Waals surface area contributed by atoms with Gasteiger partial charge in [-0.1, -0.05) is 42.0 Å². The van der Waals surface area contributed by atoms with E-state index in [1.807, 2.05) is 25.3 Å². The van der Waals surface area contributed by atoms with Crippen LogP contribution in [0.25, 0.3) is 0 Å². The molecular formula is C29H29BrN2O2. The number of rotatable bonds is 6. The van der Waals surface area contributed by atoms with Crippen molar-refractivity contribution in [1.29, 1.82) is 0 Å². The van der Waals surface area contributed by atoms with Gasteiger partial charge in [-0.05, 0) is 89.1 Å². The van der Waals surface area contributed by atoms with Crippen molar-refractivity contribution in [2.24, 2.45) is 10.9 Å². The van der Waals surface area contributed by atoms with E-state index in [0.29, 0.717) is 36.0 Å². The van der Waals surface area contributed by atoms with Crippen molar-refractivity contribution in [2.75, 3.05) is 19.0 Å². The van der Waals surface area contributed by atoms with Gasteiger partial charge in [-0.25, -0.2) is 0 Å². The monoisotopic (exact) mass is 516 g/mol. The number of benzene rings is 3. The van der Waals surface area contributed by atoms with Gasteiger partial charge in [-0.3, -0.25) is 4.99 Å². The Labute approximate surface area is 209 Å². The Kier molecular flexibility index (Phi) is 6.46. The summed E-state index contributed by atoms with van der Waals surface area (Å²) >= 11 is 3.57. The van der Waals surface area contributed by atoms with E-state index in [-0.39, 0.29) is 0 Å². The molecule has 1 N–H and O–H groups in total. The zero-order valence-corrected chi connectivity index (χ0v) is 21.3. The standard InChI is InChI=1S/C29H29BrN2O2/c1-4-34-27-16-19(15-25(30)29(27)33-3)17-31-21-11-9-20(10-12-21)28-23-7-5-6-22(23)24-14-18(2)8-13-26(24)32-28/h5-6,8-17,22-23,28,32H,4,7H2,1-3H3/t22-,23-,28+/m1/s1. The van der Waals surface area contributed by atoms with Crippen molar-refractivity contribution in [1.82, 2.24) is 0 Å². The molecule has 3 aromatic rings. The van der Waals surface area contributed by atoms with Crippen LogP contribution < -0.4 is 14.8 Å². The van der Waals surface area contributed by atoms with Crippen molar-refractivity contribution in [3.8, 4) is 11.5 Å². The van der Waals surface area contributed by atoms with E-state index in [9.17, 15) is 0 Å². The van der Waals surface area contributed by atoms with Gasteiger partial charge < -0.3 is 14.8 Å². The predicted molar refractivity (Wildman–Crippen MR) is 143 cm³/mol. The van der Waals surface area contributed by atoms with Crippen LogP contribution in [-0.4, -0.2) is 19.9 Å². The highest BCUT2D eigenvalue weighted by Gasteiger charge is 2.37. The van der Waals surface area contributed by atoms with E-state index in [0.717, 1.165) is 22.1 Å². The minimum absolute atomic E-state index is 0.291. The van der Waals surface area contributed by atoms with Gasteiger partial charge in [0.25, 0.3) is 0 Å². The van der Waals surface area contributed by atoms with Crippen molar-refractivity contribution in [3.63, 3.8) is 0 Å². The Hall–Kier alpha value is -3.05. The summed E-state index contributed by atoms with van der Waals surface area (Å²) in [7, 11) is 1.64. The summed E-state index contributed by atoms with van der Waals surface area (Å²) in [5.74, 6) is 2.42. The number of halogens is 1. The molecule has 5 rings (SSSR count). The van der Waals surface area contributed by atoms with E-state index in [4.69, 9.17) is 14.5 Å². The molecule has 174 valence electrons. The number of allylic oxidation sites excluding steroid dienone is 2. The van der Waals surface area contributed by atoms with Gasteiger partial charge >= 0.3 is 0 Å². The summed E-state index contributed by atoms with van der Waals surface area (Å²) < 4.78 is 12.0. The molecule has 0 bridgehead atoms. The van der Waals surface area contributed by atoms with E-state index < -0.39 is 0 Å². The summed E-state index contributed by atoms with van der Waals surface area (Å²) in [5.41, 5.74) is 7.16. The highest BCUT2D eigenvalue weighted by Crippen LogP contribution is 2.50. The van der Waals surface area contributed by atoms with Gasteiger partial charge in [0.1, 0.15) is 0 Å². The molecule has 0 aromatic heterocycles. The van der Waals surface area contributed by atoms with Crippen LogP contribution in [0.15, 0.2) is 76.2 Å². The fourth-order valence-corrected chi connectivity index (χ4v) is 5.71. The molecule has 1 heterocycles. The maximum atomic E-state index is 5.72. The van der Waals surface area contributed by atoms with Crippen LogP contribution >= 0.6 is 15.9 Å². The molecule has 4 nitrogen and oxygen atoms in total. The zero-order valence-electron chi connectivity index (χ0n) is 19.7. The first-order chi connectivity index (χ1) is 16.6. The summed E-state index contributed by atoms with van der Waals surface area (Å²) in [6.45, 7) is 4.70. The summed E-state index contributed by atoms with van der Waals surface area (Å²) in [4.78, 5) is 4.70. The molecule has 3 aromatic carbocycles. The van der Waals surface area contributed by atoms with Crippen molar-refractivity contribution in [3.05, 3.63) is 93.5 Å². The van der Waals surface area contributed by atoms with Crippen LogP contribution in [0.5, 0.6) is 11.5 Å². The van der Waals surface area contributed by atoms with Gasteiger partial charge in [-0.2, -0.15) is 0 Å². The predicted octanol–water partition coefficient (Wildman–Crippen LogP) is 7.74. The number of aliphatic imine (C=N–C) groups is 1. The molecule has 0 spiro atoms. The Bertz CT molecular complexity index is 1250. The highest BCUT2D eigenvalue weighted by atomic mass is 79.9. The lowest BCUT2D eigenvalue weighted by Crippen LogP contribution is -2.29. The summed E-state index contributed by atoms with van der Waals surface area (Å²) in [5, 5.41) is 3.82. The highest BCUT2D eigenvalue weighted by molar-refractivity contribution is 9.10. The first-order valence-electron chi connectivity index (χ1n) is 11.8. The number of ether oxygens (including phenoxy) is 2. The second-order valence-electron chi connectivity index (χ2n) is 8.88. The fraction of sp³-hybridized carbons (Fsp3) is 0.276. The smallest absolute Gasteiger partial charge is 0.174 e. The first kappa shape index (κ1) is 22.7. The third-order valence-corrected chi connectivity index (χ3v) is 7.26. The maximum Gasteiger partial charge on any atom is 0.174 e. The van der Waals surface area contributed by atoms with Crippen LogP contribution in [0.4, 0.5) is 11.4 Å². The number of nitrogens with zero attached hydrogens (tertiary/aromatic N) is 1. The molecule has 34 heavy (non-hydrogen) atoms. The first-order valence-corrected chi connectivity index (χ1v) is 12.5. The number of hydrogen-bond acceptors (Lipinski definition) is 4. The number of nitrogens with one attached hydrogen (secondary N) is 1. The van der Waals surface area contributed by atoms with E-state index in [1.54, 1.807) is 7.11 Å². The van der Waals surface area contributed by atoms with Gasteiger partial charge in [0.15, 0.2) is 11.5 Å². The summed E-state index contributed by atoms with van der Waals surface area (Å²) in [6, 6.07) is 19.6.